The van der Waals surface area contributed by atoms with Crippen LogP contribution in [0.25, 0.3) is 0 Å². The highest BCUT2D eigenvalue weighted by molar-refractivity contribution is 6.30. The molecule has 1 N–H and O–H groups in total. The number of fused-ring (bicyclic) bond motifs is 1. The van der Waals surface area contributed by atoms with Gasteiger partial charge in [-0.15, -0.1) is 0 Å². The number of hydrogen-bond acceptors (Lipinski definition) is 3. The summed E-state index contributed by atoms with van der Waals surface area (Å²) in [6.07, 6.45) is 0.641. The number of nitrogens with zero attached hydrogens (tertiary/aromatic N) is 1. The second-order valence-electron chi connectivity index (χ2n) is 7.86. The summed E-state index contributed by atoms with van der Waals surface area (Å²) in [6, 6.07) is 13.3. The average Bonchev–Trinajstić information content (AvgIpc) is 2.77. The molecule has 29 heavy (non-hydrogen) atoms. The number of halogens is 1. The second-order valence-corrected chi connectivity index (χ2v) is 8.30. The molecule has 0 unspecified atom stereocenters. The van der Waals surface area contributed by atoms with Gasteiger partial charge in [-0.1, -0.05) is 49.7 Å². The molecule has 1 aliphatic rings. The Bertz CT molecular complexity index is 912. The molecule has 0 bridgehead atoms. The van der Waals surface area contributed by atoms with Gasteiger partial charge in [-0.25, -0.2) is 0 Å². The predicted octanol–water partition coefficient (Wildman–Crippen LogP) is 4.54. The van der Waals surface area contributed by atoms with Gasteiger partial charge in [-0.05, 0) is 41.7 Å². The molecule has 6 heteroatoms. The van der Waals surface area contributed by atoms with Crippen molar-refractivity contribution in [1.82, 2.24) is 4.90 Å². The van der Waals surface area contributed by atoms with Crippen molar-refractivity contribution in [3.63, 3.8) is 0 Å². The first kappa shape index (κ1) is 21.2. The normalized spacial score (nSPS) is 19.1. The van der Waals surface area contributed by atoms with Crippen LogP contribution in [-0.4, -0.2) is 42.1 Å². The Hall–Kier alpha value is -2.53. The summed E-state index contributed by atoms with van der Waals surface area (Å²) in [5.74, 6) is -0.830. The standard InChI is InChI=1S/C23H26ClNO4/c1-14(2)10-19-16-9-8-15(24)11-18(16)20(12-25(23(19)28)13-22(26)27)17-6-4-5-7-21(17)29-3/h4-9,11,14,19-20H,10,12-13H2,1-3H3,(H,26,27)/t19-,20-/m1/s1. The number of amides is 1. The fraction of sp³-hybridized carbons (Fsp3) is 0.391. The number of carbonyl (C=O) groups is 2. The zero-order valence-electron chi connectivity index (χ0n) is 16.9. The number of ether oxygens (including phenoxy) is 1. The van der Waals surface area contributed by atoms with Crippen LogP contribution >= 0.6 is 11.6 Å². The number of carbonyl (C=O) groups excluding carboxylic acids is 1. The fourth-order valence-corrected chi connectivity index (χ4v) is 4.33. The number of methoxy groups -OCH3 is 1. The van der Waals surface area contributed by atoms with Crippen molar-refractivity contribution < 1.29 is 19.4 Å². The summed E-state index contributed by atoms with van der Waals surface area (Å²) in [5, 5.41) is 10.0. The molecule has 2 atom stereocenters. The number of para-hydroxylation sites is 1. The van der Waals surface area contributed by atoms with Crippen LogP contribution in [0.15, 0.2) is 42.5 Å². The first-order valence-corrected chi connectivity index (χ1v) is 10.1. The van der Waals surface area contributed by atoms with Crippen LogP contribution < -0.4 is 4.74 Å². The smallest absolute Gasteiger partial charge is 0.323 e. The van der Waals surface area contributed by atoms with E-state index in [-0.39, 0.29) is 30.8 Å². The molecular weight excluding hydrogens is 390 g/mol. The lowest BCUT2D eigenvalue weighted by molar-refractivity contribution is -0.145. The third kappa shape index (κ3) is 4.56. The Morgan fingerprint density at radius 3 is 2.59 bits per heavy atom. The monoisotopic (exact) mass is 415 g/mol. The van der Waals surface area contributed by atoms with Gasteiger partial charge in [0.25, 0.3) is 0 Å². The minimum atomic E-state index is -1.02. The number of rotatable bonds is 6. The van der Waals surface area contributed by atoms with Gasteiger partial charge < -0.3 is 14.7 Å². The highest BCUT2D eigenvalue weighted by Gasteiger charge is 2.37. The van der Waals surface area contributed by atoms with Crippen LogP contribution in [-0.2, 0) is 9.59 Å². The Kier molecular flexibility index (Phi) is 6.48. The van der Waals surface area contributed by atoms with Crippen LogP contribution in [0.5, 0.6) is 5.75 Å². The molecule has 0 spiro atoms. The van der Waals surface area contributed by atoms with Crippen molar-refractivity contribution in [1.29, 1.82) is 0 Å². The van der Waals surface area contributed by atoms with Crippen LogP contribution in [0, 0.1) is 5.92 Å². The fourth-order valence-electron chi connectivity index (χ4n) is 4.15. The number of carboxylic acids is 1. The summed E-state index contributed by atoms with van der Waals surface area (Å²) < 4.78 is 5.57. The molecule has 1 amide bonds. The molecule has 2 aromatic rings. The molecule has 5 nitrogen and oxygen atoms in total. The van der Waals surface area contributed by atoms with Gasteiger partial charge in [0.15, 0.2) is 0 Å². The van der Waals surface area contributed by atoms with Crippen LogP contribution in [0.4, 0.5) is 0 Å². The van der Waals surface area contributed by atoms with Crippen molar-refractivity contribution in [2.75, 3.05) is 20.2 Å². The summed E-state index contributed by atoms with van der Waals surface area (Å²) in [7, 11) is 1.61. The Morgan fingerprint density at radius 1 is 1.21 bits per heavy atom. The third-order valence-electron chi connectivity index (χ3n) is 5.36. The minimum absolute atomic E-state index is 0.151. The van der Waals surface area contributed by atoms with E-state index in [1.807, 2.05) is 36.4 Å². The van der Waals surface area contributed by atoms with Crippen molar-refractivity contribution in [2.24, 2.45) is 5.92 Å². The quantitative estimate of drug-likeness (QED) is 0.752. The first-order chi connectivity index (χ1) is 13.8. The Labute approximate surface area is 176 Å². The molecule has 0 fully saturated rings. The predicted molar refractivity (Wildman–Crippen MR) is 113 cm³/mol. The third-order valence-corrected chi connectivity index (χ3v) is 5.60. The van der Waals surface area contributed by atoms with Gasteiger partial charge in [0.05, 0.1) is 13.0 Å². The van der Waals surface area contributed by atoms with E-state index >= 15 is 0 Å². The number of hydrogen-bond donors (Lipinski definition) is 1. The van der Waals surface area contributed by atoms with Gasteiger partial charge in [0.2, 0.25) is 5.91 Å². The Morgan fingerprint density at radius 2 is 1.93 bits per heavy atom. The lowest BCUT2D eigenvalue weighted by Gasteiger charge is -2.26. The van der Waals surface area contributed by atoms with E-state index < -0.39 is 11.9 Å². The largest absolute Gasteiger partial charge is 0.496 e. The van der Waals surface area contributed by atoms with Crippen molar-refractivity contribution >= 4 is 23.5 Å². The van der Waals surface area contributed by atoms with Crippen LogP contribution in [0.2, 0.25) is 5.02 Å². The summed E-state index contributed by atoms with van der Waals surface area (Å²) in [4.78, 5) is 26.4. The maximum Gasteiger partial charge on any atom is 0.323 e. The number of benzene rings is 2. The van der Waals surface area contributed by atoms with Gasteiger partial charge in [-0.3, -0.25) is 9.59 Å². The van der Waals surface area contributed by atoms with Crippen LogP contribution in [0.1, 0.15) is 48.8 Å². The average molecular weight is 416 g/mol. The maximum absolute atomic E-state index is 13.4. The van der Waals surface area contributed by atoms with Crippen LogP contribution in [0.3, 0.4) is 0 Å². The van der Waals surface area contributed by atoms with E-state index in [2.05, 4.69) is 13.8 Å². The lowest BCUT2D eigenvalue weighted by Crippen LogP contribution is -2.39. The molecule has 3 rings (SSSR count). The van der Waals surface area contributed by atoms with Gasteiger partial charge in [0.1, 0.15) is 12.3 Å². The van der Waals surface area contributed by atoms with Gasteiger partial charge in [0, 0.05) is 23.0 Å². The van der Waals surface area contributed by atoms with Crippen molar-refractivity contribution in [2.45, 2.75) is 32.1 Å². The molecule has 1 heterocycles. The van der Waals surface area contributed by atoms with Crippen molar-refractivity contribution in [3.8, 4) is 5.75 Å². The zero-order chi connectivity index (χ0) is 21.1. The van der Waals surface area contributed by atoms with E-state index in [9.17, 15) is 14.7 Å². The number of aliphatic carboxylic acids is 1. The van der Waals surface area contributed by atoms with Gasteiger partial charge >= 0.3 is 5.97 Å². The SMILES string of the molecule is COc1ccccc1[C@H]1CN(CC(=O)O)C(=O)[C@H](CC(C)C)c2ccc(Cl)cc21. The molecular formula is C23H26ClNO4. The highest BCUT2D eigenvalue weighted by Crippen LogP contribution is 2.42. The lowest BCUT2D eigenvalue weighted by atomic mass is 9.82. The highest BCUT2D eigenvalue weighted by atomic mass is 35.5. The zero-order valence-corrected chi connectivity index (χ0v) is 17.6. The maximum atomic E-state index is 13.4. The topological polar surface area (TPSA) is 66.8 Å². The minimum Gasteiger partial charge on any atom is -0.496 e. The molecule has 0 radical (unpaired) electrons. The second kappa shape index (κ2) is 8.87. The Balaban J connectivity index is 2.22. The number of carboxylic acid groups (broad SMARTS) is 1. The molecule has 2 aromatic carbocycles. The van der Waals surface area contributed by atoms with Gasteiger partial charge in [-0.2, -0.15) is 0 Å². The molecule has 0 aromatic heterocycles. The first-order valence-electron chi connectivity index (χ1n) is 9.74. The molecule has 154 valence electrons. The van der Waals surface area contributed by atoms with E-state index in [1.165, 1.54) is 4.90 Å². The summed E-state index contributed by atoms with van der Waals surface area (Å²) in [5.41, 5.74) is 2.78. The van der Waals surface area contributed by atoms with E-state index in [0.717, 1.165) is 16.7 Å². The van der Waals surface area contributed by atoms with Crippen molar-refractivity contribution in [3.05, 3.63) is 64.2 Å². The molecule has 0 saturated heterocycles. The summed E-state index contributed by atoms with van der Waals surface area (Å²) >= 11 is 6.34. The molecule has 0 saturated carbocycles. The van der Waals surface area contributed by atoms with E-state index in [1.54, 1.807) is 13.2 Å². The molecule has 1 aliphatic heterocycles. The van der Waals surface area contributed by atoms with E-state index in [4.69, 9.17) is 16.3 Å². The molecule has 0 aliphatic carbocycles. The van der Waals surface area contributed by atoms with E-state index in [0.29, 0.717) is 17.2 Å². The summed E-state index contributed by atoms with van der Waals surface area (Å²) in [6.45, 7) is 4.05.